The molecule has 21 heavy (non-hydrogen) atoms. The molecule has 0 aliphatic rings. The maximum absolute atomic E-state index is 13.3. The number of aliphatic hydroxyl groups excluding tert-OH is 1. The fourth-order valence-electron chi connectivity index (χ4n) is 1.78. The Labute approximate surface area is 123 Å². The van der Waals surface area contributed by atoms with Crippen molar-refractivity contribution in [2.75, 3.05) is 19.7 Å². The lowest BCUT2D eigenvalue weighted by Gasteiger charge is -2.20. The molecule has 0 spiro atoms. The van der Waals surface area contributed by atoms with Crippen molar-refractivity contribution in [2.45, 2.75) is 19.8 Å². The van der Waals surface area contributed by atoms with E-state index >= 15 is 0 Å². The van der Waals surface area contributed by atoms with E-state index in [1.807, 2.05) is 13.0 Å². The molecule has 0 saturated carbocycles. The van der Waals surface area contributed by atoms with E-state index in [0.717, 1.165) is 0 Å². The highest BCUT2D eigenvalue weighted by atomic mass is 19.1. The van der Waals surface area contributed by atoms with Gasteiger partial charge in [-0.3, -0.25) is 4.79 Å². The van der Waals surface area contributed by atoms with Gasteiger partial charge in [0, 0.05) is 25.1 Å². The average Bonchev–Trinajstić information content (AvgIpc) is 2.48. The summed E-state index contributed by atoms with van der Waals surface area (Å²) >= 11 is 0. The molecule has 0 radical (unpaired) electrons. The molecule has 0 saturated heterocycles. The van der Waals surface area contributed by atoms with Crippen LogP contribution in [0.2, 0.25) is 0 Å². The first-order valence-electron chi connectivity index (χ1n) is 6.69. The minimum atomic E-state index is -0.472. The fraction of sp³-hybridized carbons (Fsp3) is 0.375. The molecule has 1 rings (SSSR count). The van der Waals surface area contributed by atoms with Crippen molar-refractivity contribution < 1.29 is 14.3 Å². The number of amides is 1. The van der Waals surface area contributed by atoms with Crippen LogP contribution in [-0.4, -0.2) is 35.6 Å². The lowest BCUT2D eigenvalue weighted by molar-refractivity contribution is 0.0767. The Morgan fingerprint density at radius 3 is 2.81 bits per heavy atom. The summed E-state index contributed by atoms with van der Waals surface area (Å²) in [7, 11) is 0. The molecular weight excluding hydrogens is 271 g/mol. The summed E-state index contributed by atoms with van der Waals surface area (Å²) in [6, 6.07) is 5.81. The van der Waals surface area contributed by atoms with Crippen LogP contribution in [0.1, 0.15) is 35.7 Å². The first-order chi connectivity index (χ1) is 10.1. The van der Waals surface area contributed by atoms with E-state index in [9.17, 15) is 9.18 Å². The molecule has 1 aromatic carbocycles. The zero-order valence-electron chi connectivity index (χ0n) is 11.9. The van der Waals surface area contributed by atoms with E-state index in [1.165, 1.54) is 23.1 Å². The van der Waals surface area contributed by atoms with Crippen LogP contribution >= 0.6 is 0 Å². The average molecular weight is 288 g/mol. The fourth-order valence-corrected chi connectivity index (χ4v) is 1.78. The van der Waals surface area contributed by atoms with Crippen molar-refractivity contribution in [3.05, 3.63) is 35.1 Å². The normalized spacial score (nSPS) is 9.43. The highest BCUT2D eigenvalue weighted by molar-refractivity contribution is 5.96. The lowest BCUT2D eigenvalue weighted by Crippen LogP contribution is -2.32. The summed E-state index contributed by atoms with van der Waals surface area (Å²) in [6.45, 7) is 2.51. The Morgan fingerprint density at radius 2 is 2.19 bits per heavy atom. The molecule has 0 aromatic heterocycles. The van der Waals surface area contributed by atoms with Gasteiger partial charge >= 0.3 is 0 Å². The van der Waals surface area contributed by atoms with Crippen LogP contribution in [0.15, 0.2) is 18.2 Å². The summed E-state index contributed by atoms with van der Waals surface area (Å²) in [5, 5.41) is 17.3. The highest BCUT2D eigenvalue weighted by Gasteiger charge is 2.17. The predicted octanol–water partition coefficient (Wildman–Crippen LogP) is 1.94. The molecule has 0 aliphatic heterocycles. The van der Waals surface area contributed by atoms with E-state index in [1.54, 1.807) is 0 Å². The van der Waals surface area contributed by atoms with Crippen molar-refractivity contribution in [1.29, 1.82) is 5.26 Å². The zero-order chi connectivity index (χ0) is 15.7. The maximum Gasteiger partial charge on any atom is 0.255 e. The monoisotopic (exact) mass is 288 g/mol. The number of carbonyl (C=O) groups excluding carboxylic acids is 1. The Kier molecular flexibility index (Phi) is 6.94. The quantitative estimate of drug-likeness (QED) is 0.842. The lowest BCUT2D eigenvalue weighted by atomic mass is 10.1. The number of nitriles is 1. The molecule has 0 heterocycles. The van der Waals surface area contributed by atoms with E-state index in [-0.39, 0.29) is 25.4 Å². The molecular formula is C16H17FN2O2. The summed E-state index contributed by atoms with van der Waals surface area (Å²) in [5.41, 5.74) is 0.602. The predicted molar refractivity (Wildman–Crippen MR) is 76.8 cm³/mol. The van der Waals surface area contributed by atoms with Crippen LogP contribution in [0.5, 0.6) is 0 Å². The Balaban J connectivity index is 3.08. The van der Waals surface area contributed by atoms with Crippen LogP contribution in [0.4, 0.5) is 4.39 Å². The van der Waals surface area contributed by atoms with Crippen LogP contribution in [0, 0.1) is 29.0 Å². The zero-order valence-corrected chi connectivity index (χ0v) is 11.9. The van der Waals surface area contributed by atoms with E-state index in [0.29, 0.717) is 24.2 Å². The second kappa shape index (κ2) is 8.73. The molecule has 1 N–H and O–H groups in total. The van der Waals surface area contributed by atoms with Crippen LogP contribution in [-0.2, 0) is 0 Å². The molecule has 110 valence electrons. The summed E-state index contributed by atoms with van der Waals surface area (Å²) in [4.78, 5) is 13.9. The number of carbonyl (C=O) groups is 1. The third-order valence-electron chi connectivity index (χ3n) is 2.83. The molecule has 5 heteroatoms. The molecule has 1 amide bonds. The van der Waals surface area contributed by atoms with Crippen molar-refractivity contribution in [1.82, 2.24) is 4.90 Å². The summed E-state index contributed by atoms with van der Waals surface area (Å²) in [5.74, 6) is 4.64. The molecule has 4 nitrogen and oxygen atoms in total. The molecule has 0 bridgehead atoms. The molecule has 1 aromatic rings. The molecule has 0 unspecified atom stereocenters. The Bertz CT molecular complexity index is 597. The number of halogens is 1. The standard InChI is InChI=1S/C16H17FN2O2/c1-2-19(10-5-9-18)16(21)15-8-7-14(17)12-13(15)6-3-4-11-20/h7-8,12,20H,2,4-5,10-11H2,1H3. The second-order valence-electron chi connectivity index (χ2n) is 4.26. The third-order valence-corrected chi connectivity index (χ3v) is 2.83. The van der Waals surface area contributed by atoms with Gasteiger partial charge < -0.3 is 10.0 Å². The van der Waals surface area contributed by atoms with Crippen molar-refractivity contribution in [3.63, 3.8) is 0 Å². The minimum Gasteiger partial charge on any atom is -0.395 e. The van der Waals surface area contributed by atoms with Gasteiger partial charge in [-0.2, -0.15) is 5.26 Å². The Morgan fingerprint density at radius 1 is 1.43 bits per heavy atom. The van der Waals surface area contributed by atoms with Crippen molar-refractivity contribution in [2.24, 2.45) is 0 Å². The smallest absolute Gasteiger partial charge is 0.255 e. The molecule has 0 fully saturated rings. The Hall–Kier alpha value is -2.37. The molecule has 0 aliphatic carbocycles. The van der Waals surface area contributed by atoms with Gasteiger partial charge in [0.15, 0.2) is 0 Å². The largest absolute Gasteiger partial charge is 0.395 e. The number of hydrogen-bond acceptors (Lipinski definition) is 3. The van der Waals surface area contributed by atoms with Gasteiger partial charge in [-0.1, -0.05) is 11.8 Å². The number of nitrogens with zero attached hydrogens (tertiary/aromatic N) is 2. The summed E-state index contributed by atoms with van der Waals surface area (Å²) in [6.07, 6.45) is 0.502. The number of benzene rings is 1. The van der Waals surface area contributed by atoms with Gasteiger partial charge in [-0.15, -0.1) is 0 Å². The number of aliphatic hydroxyl groups is 1. The van der Waals surface area contributed by atoms with Crippen LogP contribution < -0.4 is 0 Å². The maximum atomic E-state index is 13.3. The van der Waals surface area contributed by atoms with Gasteiger partial charge in [0.1, 0.15) is 5.82 Å². The van der Waals surface area contributed by atoms with Gasteiger partial charge in [-0.05, 0) is 25.1 Å². The van der Waals surface area contributed by atoms with Gasteiger partial charge in [0.05, 0.1) is 24.7 Å². The second-order valence-corrected chi connectivity index (χ2v) is 4.26. The first kappa shape index (κ1) is 16.7. The van der Waals surface area contributed by atoms with Crippen molar-refractivity contribution in [3.8, 4) is 17.9 Å². The van der Waals surface area contributed by atoms with Crippen LogP contribution in [0.25, 0.3) is 0 Å². The number of rotatable bonds is 5. The van der Waals surface area contributed by atoms with Gasteiger partial charge in [0.25, 0.3) is 5.91 Å². The third kappa shape index (κ3) is 4.91. The number of hydrogen-bond donors (Lipinski definition) is 1. The van der Waals surface area contributed by atoms with Gasteiger partial charge in [0.2, 0.25) is 0 Å². The van der Waals surface area contributed by atoms with E-state index in [2.05, 4.69) is 11.8 Å². The van der Waals surface area contributed by atoms with Crippen molar-refractivity contribution >= 4 is 5.91 Å². The minimum absolute atomic E-state index is 0.0884. The van der Waals surface area contributed by atoms with E-state index < -0.39 is 5.82 Å². The van der Waals surface area contributed by atoms with Crippen LogP contribution in [0.3, 0.4) is 0 Å². The topological polar surface area (TPSA) is 64.3 Å². The SMILES string of the molecule is CCN(CCC#N)C(=O)c1ccc(F)cc1C#CCCO. The first-order valence-corrected chi connectivity index (χ1v) is 6.69. The molecule has 0 atom stereocenters. The highest BCUT2D eigenvalue weighted by Crippen LogP contribution is 2.13. The van der Waals surface area contributed by atoms with Gasteiger partial charge in [-0.25, -0.2) is 4.39 Å². The summed E-state index contributed by atoms with van der Waals surface area (Å²) < 4.78 is 13.3. The van der Waals surface area contributed by atoms with E-state index in [4.69, 9.17) is 10.4 Å².